The van der Waals surface area contributed by atoms with Gasteiger partial charge < -0.3 is 9.72 Å². The van der Waals surface area contributed by atoms with E-state index in [-0.39, 0.29) is 43.6 Å². The summed E-state index contributed by atoms with van der Waals surface area (Å²) in [6, 6.07) is 0. The second kappa shape index (κ2) is 7.26. The average Bonchev–Trinajstić information content (AvgIpc) is 2.17. The fraction of sp³-hybridized carbons (Fsp3) is 0.375. The Bertz CT molecular complexity index is 338. The predicted octanol–water partition coefficient (Wildman–Crippen LogP) is 1.28. The molecule has 0 saturated carbocycles. The number of nitrogens with zero attached hydrogens (tertiary/aromatic N) is 2. The first-order valence-corrected chi connectivity index (χ1v) is 4.09. The van der Waals surface area contributed by atoms with Crippen molar-refractivity contribution in [2.24, 2.45) is 0 Å². The van der Waals surface area contributed by atoms with Crippen molar-refractivity contribution in [1.82, 2.24) is 9.97 Å². The zero-order valence-corrected chi connectivity index (χ0v) is 14.8. The van der Waals surface area contributed by atoms with E-state index in [0.717, 1.165) is 0 Å². The quantitative estimate of drug-likeness (QED) is 0.423. The summed E-state index contributed by atoms with van der Waals surface area (Å²) in [7, 11) is 1.27. The topological polar surface area (TPSA) is 52.1 Å². The summed E-state index contributed by atoms with van der Waals surface area (Å²) in [5.41, 5.74) is 0.629. The summed E-state index contributed by atoms with van der Waals surface area (Å²) < 4.78 is 4.48. The van der Waals surface area contributed by atoms with E-state index in [1.165, 1.54) is 7.11 Å². The van der Waals surface area contributed by atoms with Crippen LogP contribution in [0, 0.1) is 6.20 Å². The number of esters is 1. The largest absolute Gasteiger partial charge is 0.465 e. The summed E-state index contributed by atoms with van der Waals surface area (Å²) in [6.07, 6.45) is 3.25. The van der Waals surface area contributed by atoms with Crippen LogP contribution in [0.3, 0.4) is 0 Å². The van der Waals surface area contributed by atoms with Crippen molar-refractivity contribution in [3.63, 3.8) is 0 Å². The molecule has 4 nitrogen and oxygen atoms in total. The molecule has 0 aliphatic heterocycles. The molecule has 0 aliphatic rings. The van der Waals surface area contributed by atoms with Gasteiger partial charge in [0.2, 0.25) is 0 Å². The van der Waals surface area contributed by atoms with Crippen LogP contribution >= 0.6 is 11.6 Å². The van der Waals surface area contributed by atoms with Gasteiger partial charge in [0.15, 0.2) is 0 Å². The van der Waals surface area contributed by atoms with Crippen LogP contribution in [-0.2, 0) is 43.9 Å². The van der Waals surface area contributed by atoms with Gasteiger partial charge in [0.05, 0.1) is 7.11 Å². The zero-order chi connectivity index (χ0) is 9.84. The normalized spacial score (nSPS) is 8.47. The number of carbonyl (C=O) groups excluding carboxylic acids is 1. The zero-order valence-electron chi connectivity index (χ0n) is 8.23. The molecule has 1 rings (SSSR count). The number of hydrogen-bond acceptors (Lipinski definition) is 4. The number of hydrogen-bond donors (Lipinski definition) is 0. The standard InChI is InChI=1S/C8H8ClN2O2.Cm.Y/c1-3-5-4-10-7(9)6(11-5)8(12)13-2;;/h3H2,1-2H3;;/q-1;;. The third-order valence-electron chi connectivity index (χ3n) is 1.44. The van der Waals surface area contributed by atoms with Crippen LogP contribution in [0.5, 0.6) is 0 Å². The molecule has 81 valence electrons. The minimum absolute atomic E-state index is 0. The first-order valence-electron chi connectivity index (χ1n) is 3.71. The van der Waals surface area contributed by atoms with E-state index < -0.39 is 5.97 Å². The van der Waals surface area contributed by atoms with Gasteiger partial charge in [-0.2, -0.15) is 11.6 Å². The summed E-state index contributed by atoms with van der Waals surface area (Å²) in [5, 5.41) is 0.0176. The van der Waals surface area contributed by atoms with Gasteiger partial charge >= 0.3 is 5.97 Å². The van der Waals surface area contributed by atoms with Crippen molar-refractivity contribution in [2.45, 2.75) is 13.3 Å². The molecule has 0 bridgehead atoms. The third kappa shape index (κ3) is 3.90. The molecule has 0 fully saturated rings. The Balaban J connectivity index is 0. The molecule has 7 heteroatoms. The van der Waals surface area contributed by atoms with Crippen LogP contribution in [0.4, 0.5) is 0 Å². The summed E-state index contributed by atoms with van der Waals surface area (Å²) >= 11 is 5.62. The third-order valence-corrected chi connectivity index (χ3v) is 1.70. The Labute approximate surface area is 112 Å². The number of carbonyl (C=O) groups is 1. The second-order valence-corrected chi connectivity index (χ2v) is 2.62. The number of methoxy groups -OCH3 is 1. The van der Waals surface area contributed by atoms with E-state index in [1.807, 2.05) is 6.92 Å². The number of rotatable bonds is 2. The van der Waals surface area contributed by atoms with Crippen molar-refractivity contribution >= 4 is 17.6 Å². The van der Waals surface area contributed by atoms with E-state index in [1.54, 1.807) is 0 Å². The molecule has 0 spiro atoms. The summed E-state index contributed by atoms with van der Waals surface area (Å²) in [4.78, 5) is 18.7. The fourth-order valence-electron chi connectivity index (χ4n) is 0.757. The molecule has 1 heterocycles. The van der Waals surface area contributed by atoms with Gasteiger partial charge in [-0.05, 0) is 12.1 Å². The Morgan fingerprint density at radius 1 is 1.60 bits per heavy atom. The first kappa shape index (κ1) is 16.4. The van der Waals surface area contributed by atoms with Crippen LogP contribution in [0.15, 0.2) is 0 Å². The van der Waals surface area contributed by atoms with Gasteiger partial charge in [0.25, 0.3) is 0 Å². The second-order valence-electron chi connectivity index (χ2n) is 2.27. The molecule has 0 unspecified atom stereocenters. The van der Waals surface area contributed by atoms with Gasteiger partial charge in [-0.25, -0.2) is 4.79 Å². The van der Waals surface area contributed by atoms with E-state index in [2.05, 4.69) is 20.9 Å². The van der Waals surface area contributed by atoms with Gasteiger partial charge in [-0.15, -0.1) is 6.20 Å². The Kier molecular flexibility index (Phi) is 7.93. The molecular weight excluding hydrogens is 527 g/mol. The van der Waals surface area contributed by atoms with Crippen molar-refractivity contribution in [1.29, 1.82) is 0 Å². The van der Waals surface area contributed by atoms with Gasteiger partial charge in [-0.3, -0.25) is 4.98 Å². The maximum absolute atomic E-state index is 11.1. The van der Waals surface area contributed by atoms with Crippen LogP contribution in [0.2, 0.25) is 5.15 Å². The molecule has 0 atom stereocenters. The Morgan fingerprint density at radius 3 is 2.67 bits per heavy atom. The number of aromatic nitrogens is 2. The Morgan fingerprint density at radius 2 is 2.20 bits per heavy atom. The minimum atomic E-state index is -0.582. The molecule has 0 amide bonds. The Hall–Kier alpha value is -1.06. The molecular formula is C8H8ClCmN2O2Y-. The molecule has 0 saturated heterocycles. The van der Waals surface area contributed by atoms with E-state index in [9.17, 15) is 4.79 Å². The van der Waals surface area contributed by atoms with Gasteiger partial charge in [0, 0.05) is 37.9 Å². The van der Waals surface area contributed by atoms with Crippen molar-refractivity contribution < 1.29 is 42.2 Å². The van der Waals surface area contributed by atoms with Gasteiger partial charge in [0.1, 0.15) is 5.69 Å². The molecule has 0 aliphatic carbocycles. The van der Waals surface area contributed by atoms with Crippen LogP contribution in [0.1, 0.15) is 23.1 Å². The number of ether oxygens (including phenoxy) is 1. The number of halogens is 1. The average molecular weight is 536 g/mol. The SMILES string of the molecule is CCc1[c-]nc(Cl)c(C(=O)OC)n1.[Cm].[Y]. The molecule has 1 aromatic heterocycles. The molecule has 0 N–H and O–H groups in total. The van der Waals surface area contributed by atoms with Gasteiger partial charge in [-0.1, -0.05) is 6.92 Å². The van der Waals surface area contributed by atoms with E-state index in [4.69, 9.17) is 11.6 Å². The monoisotopic (exact) mass is 531 g/mol. The smallest absolute Gasteiger partial charge is 0.341 e. The van der Waals surface area contributed by atoms with Crippen molar-refractivity contribution in [2.75, 3.05) is 7.11 Å². The van der Waals surface area contributed by atoms with E-state index in [0.29, 0.717) is 12.1 Å². The molecule has 1 aromatic rings. The van der Waals surface area contributed by atoms with Crippen molar-refractivity contribution in [3.05, 3.63) is 22.7 Å². The first-order chi connectivity index (χ1) is 6.19. The number of aryl methyl sites for hydroxylation is 1. The molecule has 15 heavy (non-hydrogen) atoms. The molecule has 0 aromatic carbocycles. The fourth-order valence-corrected chi connectivity index (χ4v) is 0.919. The minimum Gasteiger partial charge on any atom is -0.465 e. The van der Waals surface area contributed by atoms with E-state index >= 15 is 0 Å². The van der Waals surface area contributed by atoms with Crippen molar-refractivity contribution in [3.8, 4) is 0 Å². The van der Waals surface area contributed by atoms with Crippen LogP contribution < -0.4 is 0 Å². The molecule has 1 radical (unpaired) electrons. The predicted molar refractivity (Wildman–Crippen MR) is 46.6 cm³/mol. The maximum atomic E-state index is 11.1. The van der Waals surface area contributed by atoms with Crippen LogP contribution in [0.25, 0.3) is 0 Å². The summed E-state index contributed by atoms with van der Waals surface area (Å²) in [6.45, 7) is 1.88. The maximum Gasteiger partial charge on any atom is 0.341 e. The van der Waals surface area contributed by atoms with Crippen LogP contribution in [-0.4, -0.2) is 23.0 Å². The summed E-state index contributed by atoms with van der Waals surface area (Å²) in [5.74, 6) is -0.582.